The van der Waals surface area contributed by atoms with Crippen LogP contribution < -0.4 is 4.74 Å². The van der Waals surface area contributed by atoms with Gasteiger partial charge in [0.25, 0.3) is 5.69 Å². The van der Waals surface area contributed by atoms with E-state index in [4.69, 9.17) is 4.74 Å². The van der Waals surface area contributed by atoms with Crippen molar-refractivity contribution in [2.45, 2.75) is 0 Å². The molecular formula is C10H4Br2IN3O3. The molecule has 9 heteroatoms. The van der Waals surface area contributed by atoms with Crippen LogP contribution in [0.5, 0.6) is 11.8 Å². The first-order chi connectivity index (χ1) is 8.97. The number of nitro groups is 1. The summed E-state index contributed by atoms with van der Waals surface area (Å²) >= 11 is 8.52. The number of halogens is 3. The number of ether oxygens (including phenoxy) is 1. The highest BCUT2D eigenvalue weighted by atomic mass is 127. The summed E-state index contributed by atoms with van der Waals surface area (Å²) in [6.07, 6.45) is 3.21. The van der Waals surface area contributed by atoms with E-state index in [0.29, 0.717) is 14.7 Å². The molecule has 6 nitrogen and oxygen atoms in total. The lowest BCUT2D eigenvalue weighted by atomic mass is 10.3. The van der Waals surface area contributed by atoms with E-state index in [1.165, 1.54) is 12.1 Å². The minimum atomic E-state index is -0.485. The fourth-order valence-corrected chi connectivity index (χ4v) is 2.80. The van der Waals surface area contributed by atoms with E-state index in [1.807, 2.05) is 0 Å². The molecule has 19 heavy (non-hydrogen) atoms. The first kappa shape index (κ1) is 14.6. The molecule has 0 atom stereocenters. The topological polar surface area (TPSA) is 78.2 Å². The average Bonchev–Trinajstić information content (AvgIpc) is 2.35. The summed E-state index contributed by atoms with van der Waals surface area (Å²) < 4.78 is 7.25. The molecule has 1 aromatic carbocycles. The molecule has 0 radical (unpaired) electrons. The summed E-state index contributed by atoms with van der Waals surface area (Å²) in [4.78, 5) is 18.2. The number of rotatable bonds is 3. The van der Waals surface area contributed by atoms with Crippen LogP contribution in [0.4, 0.5) is 5.69 Å². The van der Waals surface area contributed by atoms with E-state index in [9.17, 15) is 10.1 Å². The van der Waals surface area contributed by atoms with Crippen molar-refractivity contribution >= 4 is 60.1 Å². The first-order valence-electron chi connectivity index (χ1n) is 4.76. The molecule has 2 aromatic rings. The fraction of sp³-hybridized carbons (Fsp3) is 0. The van der Waals surface area contributed by atoms with Crippen molar-refractivity contribution in [3.8, 4) is 11.8 Å². The second kappa shape index (κ2) is 6.09. The van der Waals surface area contributed by atoms with Crippen LogP contribution >= 0.6 is 54.5 Å². The summed E-state index contributed by atoms with van der Waals surface area (Å²) in [6.45, 7) is 0. The number of non-ortho nitro benzene ring substituents is 1. The lowest BCUT2D eigenvalue weighted by Gasteiger charge is -2.07. The van der Waals surface area contributed by atoms with Gasteiger partial charge in [0.15, 0.2) is 5.75 Å². The zero-order valence-electron chi connectivity index (χ0n) is 9.01. The van der Waals surface area contributed by atoms with Gasteiger partial charge in [-0.25, -0.2) is 9.97 Å². The van der Waals surface area contributed by atoms with Gasteiger partial charge in [-0.2, -0.15) is 0 Å². The first-order valence-corrected chi connectivity index (χ1v) is 7.42. The summed E-state index contributed by atoms with van der Waals surface area (Å²) in [5.41, 5.74) is -0.0466. The molecule has 0 amide bonds. The Balaban J connectivity index is 2.35. The zero-order chi connectivity index (χ0) is 14.0. The molecule has 1 aromatic heterocycles. The van der Waals surface area contributed by atoms with E-state index >= 15 is 0 Å². The Kier molecular flexibility index (Phi) is 4.68. The SMILES string of the molecule is O=[N+]([O-])c1cc(Br)c(Oc2ncc(I)cn2)c(Br)c1. The van der Waals surface area contributed by atoms with Crippen LogP contribution in [-0.2, 0) is 0 Å². The molecule has 0 fully saturated rings. The molecule has 0 spiro atoms. The molecule has 98 valence electrons. The third-order valence-corrected chi connectivity index (χ3v) is 3.72. The lowest BCUT2D eigenvalue weighted by molar-refractivity contribution is -0.385. The van der Waals surface area contributed by atoms with Crippen molar-refractivity contribution in [1.82, 2.24) is 9.97 Å². The van der Waals surface area contributed by atoms with Gasteiger partial charge in [-0.1, -0.05) is 0 Å². The van der Waals surface area contributed by atoms with Gasteiger partial charge >= 0.3 is 6.01 Å². The van der Waals surface area contributed by atoms with Crippen LogP contribution in [0.1, 0.15) is 0 Å². The third-order valence-electron chi connectivity index (χ3n) is 1.98. The molecule has 0 aliphatic rings. The van der Waals surface area contributed by atoms with E-state index < -0.39 is 4.92 Å². The van der Waals surface area contributed by atoms with E-state index in [-0.39, 0.29) is 11.7 Å². The maximum atomic E-state index is 10.7. The molecule has 0 unspecified atom stereocenters. The average molecular weight is 501 g/mol. The van der Waals surface area contributed by atoms with Crippen molar-refractivity contribution in [3.63, 3.8) is 0 Å². The smallest absolute Gasteiger partial charge is 0.322 e. The second-order valence-electron chi connectivity index (χ2n) is 3.28. The molecule has 0 aliphatic heterocycles. The van der Waals surface area contributed by atoms with Gasteiger partial charge in [-0.05, 0) is 54.5 Å². The predicted octanol–water partition coefficient (Wildman–Crippen LogP) is 4.31. The normalized spacial score (nSPS) is 10.3. The monoisotopic (exact) mass is 499 g/mol. The van der Waals surface area contributed by atoms with Crippen LogP contribution in [0, 0.1) is 13.7 Å². The minimum absolute atomic E-state index is 0.0466. The molecule has 2 rings (SSSR count). The molecule has 0 aliphatic carbocycles. The Labute approximate surface area is 138 Å². The molecule has 1 heterocycles. The molecule has 0 saturated heterocycles. The molecule has 0 saturated carbocycles. The van der Waals surface area contributed by atoms with Gasteiger partial charge in [-0.3, -0.25) is 10.1 Å². The van der Waals surface area contributed by atoms with Crippen molar-refractivity contribution in [2.75, 3.05) is 0 Å². The highest BCUT2D eigenvalue weighted by Gasteiger charge is 2.16. The van der Waals surface area contributed by atoms with E-state index in [2.05, 4.69) is 64.4 Å². The van der Waals surface area contributed by atoms with Gasteiger partial charge in [0.2, 0.25) is 0 Å². The zero-order valence-corrected chi connectivity index (χ0v) is 14.3. The summed E-state index contributed by atoms with van der Waals surface area (Å²) in [6, 6.07) is 2.87. The number of nitro benzene ring substituents is 1. The van der Waals surface area contributed by atoms with Crippen LogP contribution in [0.25, 0.3) is 0 Å². The van der Waals surface area contributed by atoms with Gasteiger partial charge < -0.3 is 4.74 Å². The second-order valence-corrected chi connectivity index (χ2v) is 6.24. The molecular weight excluding hydrogens is 497 g/mol. The van der Waals surface area contributed by atoms with Gasteiger partial charge in [0.1, 0.15) is 0 Å². The van der Waals surface area contributed by atoms with Crippen molar-refractivity contribution in [2.24, 2.45) is 0 Å². The number of nitrogens with zero attached hydrogens (tertiary/aromatic N) is 3. The summed E-state index contributed by atoms with van der Waals surface area (Å²) in [5, 5.41) is 10.7. The van der Waals surface area contributed by atoms with Crippen molar-refractivity contribution < 1.29 is 9.66 Å². The number of benzene rings is 1. The minimum Gasteiger partial charge on any atom is -0.422 e. The van der Waals surface area contributed by atoms with E-state index in [0.717, 1.165) is 3.57 Å². The van der Waals surface area contributed by atoms with Gasteiger partial charge in [0, 0.05) is 28.1 Å². The Bertz CT molecular complexity index is 613. The summed E-state index contributed by atoms with van der Waals surface area (Å²) in [7, 11) is 0. The largest absolute Gasteiger partial charge is 0.422 e. The fourth-order valence-electron chi connectivity index (χ4n) is 1.19. The van der Waals surface area contributed by atoms with Crippen LogP contribution in [0.3, 0.4) is 0 Å². The van der Waals surface area contributed by atoms with Crippen LogP contribution in [0.2, 0.25) is 0 Å². The van der Waals surface area contributed by atoms with Crippen LogP contribution in [-0.4, -0.2) is 14.9 Å². The van der Waals surface area contributed by atoms with Crippen molar-refractivity contribution in [3.05, 3.63) is 47.2 Å². The Morgan fingerprint density at radius 1 is 1.21 bits per heavy atom. The highest BCUT2D eigenvalue weighted by Crippen LogP contribution is 2.38. The van der Waals surface area contributed by atoms with Crippen LogP contribution in [0.15, 0.2) is 33.5 Å². The number of aromatic nitrogens is 2. The van der Waals surface area contributed by atoms with E-state index in [1.54, 1.807) is 12.4 Å². The lowest BCUT2D eigenvalue weighted by Crippen LogP contribution is -1.95. The van der Waals surface area contributed by atoms with Gasteiger partial charge in [0.05, 0.1) is 13.9 Å². The standard InChI is InChI=1S/C10H4Br2IN3O3/c11-7-1-6(16(17)18)2-8(12)9(7)19-10-14-3-5(13)4-15-10/h1-4H. The maximum Gasteiger partial charge on any atom is 0.322 e. The maximum absolute atomic E-state index is 10.7. The van der Waals surface area contributed by atoms with Gasteiger partial charge in [-0.15, -0.1) is 0 Å². The number of hydrogen-bond donors (Lipinski definition) is 0. The highest BCUT2D eigenvalue weighted by molar-refractivity contribution is 14.1. The third kappa shape index (κ3) is 3.60. The van der Waals surface area contributed by atoms with Crippen molar-refractivity contribution in [1.29, 1.82) is 0 Å². The predicted molar refractivity (Wildman–Crippen MR) is 83.3 cm³/mol. The Morgan fingerprint density at radius 3 is 2.21 bits per heavy atom. The number of hydrogen-bond acceptors (Lipinski definition) is 5. The summed E-state index contributed by atoms with van der Waals surface area (Å²) in [5.74, 6) is 0.381. The quantitative estimate of drug-likeness (QED) is 0.356. The Hall–Kier alpha value is -0.810. The Morgan fingerprint density at radius 2 is 1.74 bits per heavy atom. The molecule has 0 bridgehead atoms. The molecule has 0 N–H and O–H groups in total.